The molecule has 1 aliphatic heterocycles. The van der Waals surface area contributed by atoms with Gasteiger partial charge in [-0.05, 0) is 6.07 Å². The van der Waals surface area contributed by atoms with Crippen molar-refractivity contribution in [3.63, 3.8) is 0 Å². The number of ether oxygens (including phenoxy) is 1. The van der Waals surface area contributed by atoms with Crippen molar-refractivity contribution in [1.82, 2.24) is 15.1 Å². The van der Waals surface area contributed by atoms with Crippen molar-refractivity contribution in [1.29, 1.82) is 0 Å². The lowest BCUT2D eigenvalue weighted by atomic mass is 10.4. The Hall–Kier alpha value is -1.52. The maximum absolute atomic E-state index is 10.6. The summed E-state index contributed by atoms with van der Waals surface area (Å²) in [4.78, 5) is 10.6. The summed E-state index contributed by atoms with van der Waals surface area (Å²) in [6, 6.07) is 1.71. The molecular formula is C7H8N3O2. The van der Waals surface area contributed by atoms with Crippen LogP contribution in [0.1, 0.15) is 0 Å². The molecule has 0 unspecified atom stereocenters. The topological polar surface area (TPSA) is 56.2 Å². The van der Waals surface area contributed by atoms with Crippen LogP contribution in [-0.4, -0.2) is 28.5 Å². The third-order valence-corrected chi connectivity index (χ3v) is 1.65. The van der Waals surface area contributed by atoms with Crippen molar-refractivity contribution in [2.75, 3.05) is 6.54 Å². The molecule has 63 valence electrons. The molecule has 2 heterocycles. The number of rotatable bonds is 2. The number of nitrogens with zero attached hydrogens (tertiary/aromatic N) is 2. The molecule has 0 saturated carbocycles. The van der Waals surface area contributed by atoms with E-state index in [1.807, 2.05) is 0 Å². The van der Waals surface area contributed by atoms with Gasteiger partial charge < -0.3 is 10.1 Å². The molecular weight excluding hydrogens is 158 g/mol. The van der Waals surface area contributed by atoms with E-state index in [0.717, 1.165) is 0 Å². The van der Waals surface area contributed by atoms with Crippen molar-refractivity contribution >= 4 is 6.09 Å². The summed E-state index contributed by atoms with van der Waals surface area (Å²) in [6.45, 7) is 1.14. The Balaban J connectivity index is 1.92. The van der Waals surface area contributed by atoms with Crippen LogP contribution in [0, 0.1) is 6.20 Å². The van der Waals surface area contributed by atoms with Crippen LogP contribution in [0.2, 0.25) is 0 Å². The van der Waals surface area contributed by atoms with Crippen LogP contribution in [-0.2, 0) is 11.3 Å². The fourth-order valence-corrected chi connectivity index (χ4v) is 1.10. The van der Waals surface area contributed by atoms with Crippen LogP contribution in [0.25, 0.3) is 0 Å². The Labute approximate surface area is 69.3 Å². The van der Waals surface area contributed by atoms with Crippen LogP contribution < -0.4 is 5.32 Å². The third kappa shape index (κ3) is 1.39. The van der Waals surface area contributed by atoms with Crippen molar-refractivity contribution < 1.29 is 9.53 Å². The molecule has 0 aromatic carbocycles. The quantitative estimate of drug-likeness (QED) is 0.661. The Morgan fingerprint density at radius 1 is 1.92 bits per heavy atom. The molecule has 0 bridgehead atoms. The summed E-state index contributed by atoms with van der Waals surface area (Å²) in [5, 5.41) is 6.45. The first-order chi connectivity index (χ1) is 5.84. The fraction of sp³-hybridized carbons (Fsp3) is 0.429. The van der Waals surface area contributed by atoms with E-state index in [9.17, 15) is 4.79 Å². The highest BCUT2D eigenvalue weighted by atomic mass is 16.6. The summed E-state index contributed by atoms with van der Waals surface area (Å²) < 4.78 is 6.60. The van der Waals surface area contributed by atoms with E-state index in [1.54, 1.807) is 16.9 Å². The fourth-order valence-electron chi connectivity index (χ4n) is 1.10. The number of hydrogen-bond donors (Lipinski definition) is 1. The van der Waals surface area contributed by atoms with Gasteiger partial charge in [-0.3, -0.25) is 4.68 Å². The lowest BCUT2D eigenvalue weighted by Crippen LogP contribution is -2.20. The van der Waals surface area contributed by atoms with Gasteiger partial charge in [0.2, 0.25) is 0 Å². The van der Waals surface area contributed by atoms with Gasteiger partial charge in [-0.25, -0.2) is 4.79 Å². The lowest BCUT2D eigenvalue weighted by molar-refractivity contribution is 0.129. The predicted octanol–water partition coefficient (Wildman–Crippen LogP) is -0.208. The zero-order valence-electron chi connectivity index (χ0n) is 6.36. The molecule has 1 fully saturated rings. The van der Waals surface area contributed by atoms with Crippen molar-refractivity contribution in [2.24, 2.45) is 0 Å². The first-order valence-corrected chi connectivity index (χ1v) is 3.68. The van der Waals surface area contributed by atoms with Crippen LogP contribution in [0.15, 0.2) is 12.3 Å². The Morgan fingerprint density at radius 3 is 3.42 bits per heavy atom. The molecule has 1 aromatic rings. The normalized spacial score (nSPS) is 22.0. The van der Waals surface area contributed by atoms with Gasteiger partial charge in [0.25, 0.3) is 0 Å². The average molecular weight is 166 g/mol. The monoisotopic (exact) mass is 166 g/mol. The molecule has 1 amide bonds. The average Bonchev–Trinajstić information content (AvgIpc) is 2.63. The van der Waals surface area contributed by atoms with Gasteiger partial charge in [0, 0.05) is 6.20 Å². The SMILES string of the molecule is O=C1NC[C@@H](Cn2cc[c]n2)O1. The number of carbonyl (C=O) groups excluding carboxylic acids is 1. The molecule has 2 rings (SSSR count). The van der Waals surface area contributed by atoms with Crippen molar-refractivity contribution in [3.05, 3.63) is 18.5 Å². The zero-order chi connectivity index (χ0) is 8.39. The smallest absolute Gasteiger partial charge is 0.407 e. The number of carbonyl (C=O) groups is 1. The van der Waals surface area contributed by atoms with Crippen molar-refractivity contribution in [2.45, 2.75) is 12.6 Å². The van der Waals surface area contributed by atoms with Gasteiger partial charge in [-0.1, -0.05) is 0 Å². The number of hydrogen-bond acceptors (Lipinski definition) is 3. The second-order valence-electron chi connectivity index (χ2n) is 2.58. The minimum Gasteiger partial charge on any atom is -0.442 e. The summed E-state index contributed by atoms with van der Waals surface area (Å²) in [6.07, 6.45) is 3.99. The standard InChI is InChI=1S/C7H8N3O2/c11-7-8-4-6(12-7)5-10-3-1-2-9-10/h1,3,6H,4-5H2,(H,8,11)/t6-/m0/s1. The first-order valence-electron chi connectivity index (χ1n) is 3.68. The molecule has 1 radical (unpaired) electrons. The summed E-state index contributed by atoms with van der Waals surface area (Å²) in [7, 11) is 0. The van der Waals surface area contributed by atoms with E-state index in [0.29, 0.717) is 13.1 Å². The first kappa shape index (κ1) is 7.15. The Morgan fingerprint density at radius 2 is 2.83 bits per heavy atom. The number of cyclic esters (lactones) is 1. The van der Waals surface area contributed by atoms with Crippen molar-refractivity contribution in [3.8, 4) is 0 Å². The molecule has 1 atom stereocenters. The third-order valence-electron chi connectivity index (χ3n) is 1.65. The van der Waals surface area contributed by atoms with Gasteiger partial charge in [0.15, 0.2) is 0 Å². The summed E-state index contributed by atoms with van der Waals surface area (Å²) >= 11 is 0. The zero-order valence-corrected chi connectivity index (χ0v) is 6.36. The maximum Gasteiger partial charge on any atom is 0.407 e. The predicted molar refractivity (Wildman–Crippen MR) is 39.3 cm³/mol. The van der Waals surface area contributed by atoms with E-state index in [-0.39, 0.29) is 12.2 Å². The minimum absolute atomic E-state index is 0.106. The van der Waals surface area contributed by atoms with Crippen LogP contribution in [0.4, 0.5) is 4.79 Å². The molecule has 5 nitrogen and oxygen atoms in total. The Bertz CT molecular complexity index is 270. The molecule has 0 aliphatic carbocycles. The van der Waals surface area contributed by atoms with E-state index >= 15 is 0 Å². The van der Waals surface area contributed by atoms with Crippen LogP contribution in [0.3, 0.4) is 0 Å². The van der Waals surface area contributed by atoms with Gasteiger partial charge in [-0.15, -0.1) is 0 Å². The Kier molecular flexibility index (Phi) is 1.69. The van der Waals surface area contributed by atoms with E-state index < -0.39 is 0 Å². The lowest BCUT2D eigenvalue weighted by Gasteiger charge is -2.06. The number of alkyl carbamates (subject to hydrolysis) is 1. The van der Waals surface area contributed by atoms with Crippen LogP contribution in [0.5, 0.6) is 0 Å². The van der Waals surface area contributed by atoms with Gasteiger partial charge in [0.1, 0.15) is 12.3 Å². The van der Waals surface area contributed by atoms with Gasteiger partial charge in [0.05, 0.1) is 13.1 Å². The highest BCUT2D eigenvalue weighted by Crippen LogP contribution is 2.02. The minimum atomic E-state index is -0.351. The molecule has 12 heavy (non-hydrogen) atoms. The maximum atomic E-state index is 10.6. The van der Waals surface area contributed by atoms with E-state index in [2.05, 4.69) is 16.6 Å². The van der Waals surface area contributed by atoms with Gasteiger partial charge in [-0.2, -0.15) is 5.10 Å². The highest BCUT2D eigenvalue weighted by molar-refractivity contribution is 5.69. The summed E-state index contributed by atoms with van der Waals surface area (Å²) in [5.74, 6) is 0. The molecule has 5 heteroatoms. The molecule has 1 aliphatic rings. The molecule has 0 spiro atoms. The number of nitrogens with one attached hydrogen (secondary N) is 1. The number of amides is 1. The second kappa shape index (κ2) is 2.84. The molecule has 1 aromatic heterocycles. The second-order valence-corrected chi connectivity index (χ2v) is 2.58. The van der Waals surface area contributed by atoms with E-state index in [1.165, 1.54) is 0 Å². The molecule has 1 N–H and O–H groups in total. The van der Waals surface area contributed by atoms with Gasteiger partial charge >= 0.3 is 6.09 Å². The summed E-state index contributed by atoms with van der Waals surface area (Å²) in [5.41, 5.74) is 0. The molecule has 1 saturated heterocycles. The largest absolute Gasteiger partial charge is 0.442 e. The van der Waals surface area contributed by atoms with E-state index in [4.69, 9.17) is 4.74 Å². The number of aromatic nitrogens is 2. The van der Waals surface area contributed by atoms with Crippen LogP contribution >= 0.6 is 0 Å². The highest BCUT2D eigenvalue weighted by Gasteiger charge is 2.22.